The Morgan fingerprint density at radius 1 is 1.17 bits per heavy atom. The number of para-hydroxylation sites is 1. The van der Waals surface area contributed by atoms with Crippen LogP contribution in [-0.2, 0) is 6.42 Å². The number of nitrogens with one attached hydrogen (secondary N) is 1. The van der Waals surface area contributed by atoms with Crippen LogP contribution in [0.15, 0.2) is 40.9 Å². The smallest absolute Gasteiger partial charge is 0.133 e. The van der Waals surface area contributed by atoms with E-state index in [-0.39, 0.29) is 0 Å². The zero-order valence-electron chi connectivity index (χ0n) is 14.0. The van der Waals surface area contributed by atoms with Crippen molar-refractivity contribution in [1.82, 2.24) is 5.32 Å². The van der Waals surface area contributed by atoms with Gasteiger partial charge in [-0.05, 0) is 52.7 Å². The lowest BCUT2D eigenvalue weighted by atomic mass is 10.0. The molecular weight excluding hydrogens is 370 g/mol. The average molecular weight is 392 g/mol. The maximum absolute atomic E-state index is 5.72. The third-order valence-electron chi connectivity index (χ3n) is 4.30. The first kappa shape index (κ1) is 17.1. The maximum atomic E-state index is 5.72. The molecule has 0 spiro atoms. The van der Waals surface area contributed by atoms with Crippen LogP contribution < -0.4 is 19.5 Å². The van der Waals surface area contributed by atoms with Crippen LogP contribution in [-0.4, -0.2) is 27.4 Å². The number of hydrogen-bond acceptors (Lipinski definition) is 4. The van der Waals surface area contributed by atoms with Gasteiger partial charge in [-0.1, -0.05) is 18.2 Å². The molecule has 0 saturated carbocycles. The summed E-state index contributed by atoms with van der Waals surface area (Å²) >= 11 is 3.50. The van der Waals surface area contributed by atoms with Crippen LogP contribution in [0.5, 0.6) is 17.2 Å². The first-order valence-electron chi connectivity index (χ1n) is 8.08. The second kappa shape index (κ2) is 7.90. The Morgan fingerprint density at radius 2 is 1.96 bits per heavy atom. The Labute approximate surface area is 151 Å². The third kappa shape index (κ3) is 3.68. The topological polar surface area (TPSA) is 39.7 Å². The summed E-state index contributed by atoms with van der Waals surface area (Å²) in [6, 6.07) is 12.6. The molecule has 128 valence electrons. The lowest BCUT2D eigenvalue weighted by Gasteiger charge is -2.27. The minimum absolute atomic E-state index is 0.332. The average Bonchev–Trinajstić information content (AvgIpc) is 2.62. The van der Waals surface area contributed by atoms with E-state index in [9.17, 15) is 0 Å². The lowest BCUT2D eigenvalue weighted by molar-refractivity contribution is 0.253. The highest BCUT2D eigenvalue weighted by Gasteiger charge is 2.20. The normalized spacial score (nSPS) is 16.2. The van der Waals surface area contributed by atoms with E-state index < -0.39 is 0 Å². The van der Waals surface area contributed by atoms with Gasteiger partial charge in [0.05, 0.1) is 25.3 Å². The summed E-state index contributed by atoms with van der Waals surface area (Å²) in [5.74, 6) is 2.68. The molecule has 1 atom stereocenters. The predicted molar refractivity (Wildman–Crippen MR) is 98.2 cm³/mol. The Balaban J connectivity index is 1.67. The highest BCUT2D eigenvalue weighted by Crippen LogP contribution is 2.34. The van der Waals surface area contributed by atoms with E-state index in [1.165, 1.54) is 5.56 Å². The summed E-state index contributed by atoms with van der Waals surface area (Å²) in [6.45, 7) is 1.62. The van der Waals surface area contributed by atoms with Crippen molar-refractivity contribution in [3.63, 3.8) is 0 Å². The van der Waals surface area contributed by atoms with Gasteiger partial charge in [0.2, 0.25) is 0 Å². The molecule has 4 nitrogen and oxygen atoms in total. The van der Waals surface area contributed by atoms with Crippen molar-refractivity contribution in [2.45, 2.75) is 18.9 Å². The standard InChI is InChI=1S/C19H22BrNO3/c1-22-18-12-15(20)19(23-2)11-13(18)7-9-21-16-8-10-24-17-6-4-3-5-14(16)17/h3-6,11-12,16,21H,7-10H2,1-2H3. The predicted octanol–water partition coefficient (Wildman–Crippen LogP) is 4.12. The molecular formula is C19H22BrNO3. The molecule has 3 rings (SSSR count). The van der Waals surface area contributed by atoms with Crippen molar-refractivity contribution in [1.29, 1.82) is 0 Å². The summed E-state index contributed by atoms with van der Waals surface area (Å²) in [5, 5.41) is 3.64. The van der Waals surface area contributed by atoms with Crippen LogP contribution in [0.4, 0.5) is 0 Å². The molecule has 1 aliphatic heterocycles. The van der Waals surface area contributed by atoms with Crippen molar-refractivity contribution in [2.75, 3.05) is 27.4 Å². The van der Waals surface area contributed by atoms with E-state index in [1.54, 1.807) is 14.2 Å². The molecule has 0 aromatic heterocycles. The van der Waals surface area contributed by atoms with Gasteiger partial charge in [-0.2, -0.15) is 0 Å². The zero-order chi connectivity index (χ0) is 16.9. The van der Waals surface area contributed by atoms with Crippen LogP contribution in [0.25, 0.3) is 0 Å². The number of methoxy groups -OCH3 is 2. The molecule has 0 radical (unpaired) electrons. The molecule has 0 bridgehead atoms. The molecule has 1 heterocycles. The van der Waals surface area contributed by atoms with E-state index in [4.69, 9.17) is 14.2 Å². The number of halogens is 1. The molecule has 0 aliphatic carbocycles. The second-order valence-corrected chi connectivity index (χ2v) is 6.58. The quantitative estimate of drug-likeness (QED) is 0.803. The van der Waals surface area contributed by atoms with Crippen molar-refractivity contribution in [2.24, 2.45) is 0 Å². The fourth-order valence-electron chi connectivity index (χ4n) is 3.05. The van der Waals surface area contributed by atoms with E-state index in [0.29, 0.717) is 6.04 Å². The van der Waals surface area contributed by atoms with E-state index in [0.717, 1.165) is 53.3 Å². The van der Waals surface area contributed by atoms with Crippen molar-refractivity contribution < 1.29 is 14.2 Å². The van der Waals surface area contributed by atoms with Crippen LogP contribution in [0.2, 0.25) is 0 Å². The van der Waals surface area contributed by atoms with Crippen molar-refractivity contribution in [3.05, 3.63) is 52.0 Å². The maximum Gasteiger partial charge on any atom is 0.133 e. The molecule has 2 aromatic rings. The highest BCUT2D eigenvalue weighted by molar-refractivity contribution is 9.10. The molecule has 0 saturated heterocycles. The summed E-state index contributed by atoms with van der Waals surface area (Å²) < 4.78 is 17.5. The number of rotatable bonds is 6. The fraction of sp³-hybridized carbons (Fsp3) is 0.368. The zero-order valence-corrected chi connectivity index (χ0v) is 15.6. The summed E-state index contributed by atoms with van der Waals surface area (Å²) in [6.07, 6.45) is 1.85. The molecule has 0 fully saturated rings. The van der Waals surface area contributed by atoms with Gasteiger partial charge in [0, 0.05) is 18.0 Å². The summed E-state index contributed by atoms with van der Waals surface area (Å²) in [4.78, 5) is 0. The van der Waals surface area contributed by atoms with Crippen molar-refractivity contribution >= 4 is 15.9 Å². The van der Waals surface area contributed by atoms with E-state index >= 15 is 0 Å². The van der Waals surface area contributed by atoms with Crippen LogP contribution in [0.3, 0.4) is 0 Å². The SMILES string of the molecule is COc1cc(CCNC2CCOc3ccccc32)c(OC)cc1Br. The first-order valence-corrected chi connectivity index (χ1v) is 8.87. The Morgan fingerprint density at radius 3 is 2.75 bits per heavy atom. The van der Waals surface area contributed by atoms with Gasteiger partial charge in [-0.3, -0.25) is 0 Å². The highest BCUT2D eigenvalue weighted by atomic mass is 79.9. The third-order valence-corrected chi connectivity index (χ3v) is 4.92. The lowest BCUT2D eigenvalue weighted by Crippen LogP contribution is -2.28. The monoisotopic (exact) mass is 391 g/mol. The Hall–Kier alpha value is -1.72. The largest absolute Gasteiger partial charge is 0.496 e. The molecule has 24 heavy (non-hydrogen) atoms. The van der Waals surface area contributed by atoms with Gasteiger partial charge in [0.15, 0.2) is 0 Å². The van der Waals surface area contributed by atoms with E-state index in [1.807, 2.05) is 24.3 Å². The van der Waals surface area contributed by atoms with Crippen LogP contribution in [0.1, 0.15) is 23.6 Å². The van der Waals surface area contributed by atoms with Gasteiger partial charge < -0.3 is 19.5 Å². The van der Waals surface area contributed by atoms with Gasteiger partial charge in [0.1, 0.15) is 17.2 Å². The minimum atomic E-state index is 0.332. The molecule has 2 aromatic carbocycles. The van der Waals surface area contributed by atoms with Crippen molar-refractivity contribution in [3.8, 4) is 17.2 Å². The molecule has 5 heteroatoms. The van der Waals surface area contributed by atoms with E-state index in [2.05, 4.69) is 33.4 Å². The number of benzene rings is 2. The van der Waals surface area contributed by atoms with Crippen LogP contribution >= 0.6 is 15.9 Å². The Bertz CT molecular complexity index is 705. The van der Waals surface area contributed by atoms with Crippen LogP contribution in [0, 0.1) is 0 Å². The number of ether oxygens (including phenoxy) is 3. The molecule has 1 aliphatic rings. The first-order chi connectivity index (χ1) is 11.7. The van der Waals surface area contributed by atoms with Gasteiger partial charge in [-0.15, -0.1) is 0 Å². The van der Waals surface area contributed by atoms with Gasteiger partial charge in [0.25, 0.3) is 0 Å². The molecule has 1 unspecified atom stereocenters. The fourth-order valence-corrected chi connectivity index (χ4v) is 3.54. The second-order valence-electron chi connectivity index (χ2n) is 5.73. The summed E-state index contributed by atoms with van der Waals surface area (Å²) in [5.41, 5.74) is 2.37. The molecule has 1 N–H and O–H groups in total. The summed E-state index contributed by atoms with van der Waals surface area (Å²) in [7, 11) is 3.37. The minimum Gasteiger partial charge on any atom is -0.496 e. The Kier molecular flexibility index (Phi) is 5.63. The number of hydrogen-bond donors (Lipinski definition) is 1. The van der Waals surface area contributed by atoms with Gasteiger partial charge >= 0.3 is 0 Å². The van der Waals surface area contributed by atoms with Gasteiger partial charge in [-0.25, -0.2) is 0 Å². The molecule has 0 amide bonds. The number of fused-ring (bicyclic) bond motifs is 1.